The first-order chi connectivity index (χ1) is 9.93. The monoisotopic (exact) mass is 315 g/mol. The number of carbonyl (C=O) groups excluding carboxylic acids is 1. The second-order valence-corrected chi connectivity index (χ2v) is 7.28. The molecule has 1 heterocycles. The minimum atomic E-state index is -3.08. The molecule has 0 saturated carbocycles. The molecule has 1 atom stereocenters. The molecule has 5 nitrogen and oxygen atoms in total. The predicted octanol–water partition coefficient (Wildman–Crippen LogP) is 1.10. The highest BCUT2D eigenvalue weighted by molar-refractivity contribution is 7.91. The Kier molecular flexibility index (Phi) is 4.95. The van der Waals surface area contributed by atoms with Crippen molar-refractivity contribution in [3.05, 3.63) is 35.6 Å². The molecule has 1 aromatic rings. The van der Waals surface area contributed by atoms with Crippen LogP contribution < -0.4 is 0 Å². The molecule has 2 rings (SSSR count). The van der Waals surface area contributed by atoms with Crippen LogP contribution in [0.3, 0.4) is 0 Å². The highest BCUT2D eigenvalue weighted by atomic mass is 32.2. The van der Waals surface area contributed by atoms with Crippen LogP contribution in [0.2, 0.25) is 0 Å². The normalized spacial score (nSPS) is 20.4. The maximum atomic E-state index is 12.9. The van der Waals surface area contributed by atoms with Crippen LogP contribution in [0, 0.1) is 5.82 Å². The minimum Gasteiger partial charge on any atom is -0.383 e. The largest absolute Gasteiger partial charge is 0.383 e. The van der Waals surface area contributed by atoms with Crippen molar-refractivity contribution < 1.29 is 22.3 Å². The molecule has 1 aromatic carbocycles. The van der Waals surface area contributed by atoms with Gasteiger partial charge >= 0.3 is 0 Å². The van der Waals surface area contributed by atoms with Crippen molar-refractivity contribution in [1.29, 1.82) is 0 Å². The first-order valence-electron chi connectivity index (χ1n) is 6.69. The van der Waals surface area contributed by atoms with Crippen molar-refractivity contribution in [1.82, 2.24) is 4.90 Å². The standard InChI is InChI=1S/C14H18FNO4S/c1-20-8-7-16(13-6-9-21(18,19)10-13)14(17)11-2-4-12(15)5-3-11/h2-5,13H,6-10H2,1H3. The highest BCUT2D eigenvalue weighted by Crippen LogP contribution is 2.20. The molecule has 1 amide bonds. The lowest BCUT2D eigenvalue weighted by molar-refractivity contribution is 0.0624. The number of nitrogens with zero attached hydrogens (tertiary/aromatic N) is 1. The van der Waals surface area contributed by atoms with Gasteiger partial charge in [0, 0.05) is 25.3 Å². The van der Waals surface area contributed by atoms with E-state index >= 15 is 0 Å². The summed E-state index contributed by atoms with van der Waals surface area (Å²) in [6.07, 6.45) is 0.430. The number of benzene rings is 1. The van der Waals surface area contributed by atoms with Gasteiger partial charge in [0.05, 0.1) is 18.1 Å². The third kappa shape index (κ3) is 4.01. The summed E-state index contributed by atoms with van der Waals surface area (Å²) in [4.78, 5) is 14.0. The van der Waals surface area contributed by atoms with E-state index in [0.717, 1.165) is 0 Å². The molecule has 0 aromatic heterocycles. The van der Waals surface area contributed by atoms with E-state index in [-0.39, 0.29) is 23.5 Å². The second-order valence-electron chi connectivity index (χ2n) is 5.06. The fourth-order valence-corrected chi connectivity index (χ4v) is 4.15. The molecular weight excluding hydrogens is 297 g/mol. The van der Waals surface area contributed by atoms with Gasteiger partial charge in [-0.3, -0.25) is 4.79 Å². The zero-order chi connectivity index (χ0) is 15.5. The third-order valence-electron chi connectivity index (χ3n) is 3.54. The van der Waals surface area contributed by atoms with Gasteiger partial charge in [0.25, 0.3) is 5.91 Å². The summed E-state index contributed by atoms with van der Waals surface area (Å²) >= 11 is 0. The van der Waals surface area contributed by atoms with E-state index in [4.69, 9.17) is 4.74 Å². The Morgan fingerprint density at radius 1 is 1.38 bits per heavy atom. The number of ether oxygens (including phenoxy) is 1. The molecule has 1 fully saturated rings. The first kappa shape index (κ1) is 15.9. The van der Waals surface area contributed by atoms with Gasteiger partial charge < -0.3 is 9.64 Å². The summed E-state index contributed by atoms with van der Waals surface area (Å²) in [6.45, 7) is 0.635. The Labute approximate surface area is 123 Å². The lowest BCUT2D eigenvalue weighted by Crippen LogP contribution is -2.43. The molecule has 0 spiro atoms. The van der Waals surface area contributed by atoms with E-state index in [1.165, 1.54) is 36.3 Å². The van der Waals surface area contributed by atoms with Gasteiger partial charge in [-0.2, -0.15) is 0 Å². The van der Waals surface area contributed by atoms with Crippen molar-refractivity contribution in [2.75, 3.05) is 31.8 Å². The highest BCUT2D eigenvalue weighted by Gasteiger charge is 2.34. The van der Waals surface area contributed by atoms with E-state index in [9.17, 15) is 17.6 Å². The SMILES string of the molecule is COCCN(C(=O)c1ccc(F)cc1)C1CCS(=O)(=O)C1. The molecule has 0 aliphatic carbocycles. The molecule has 0 bridgehead atoms. The van der Waals surface area contributed by atoms with E-state index in [1.54, 1.807) is 0 Å². The fraction of sp³-hybridized carbons (Fsp3) is 0.500. The van der Waals surface area contributed by atoms with Crippen molar-refractivity contribution in [2.24, 2.45) is 0 Å². The Morgan fingerprint density at radius 3 is 2.57 bits per heavy atom. The van der Waals surface area contributed by atoms with E-state index in [1.807, 2.05) is 0 Å². The van der Waals surface area contributed by atoms with Crippen LogP contribution in [0.1, 0.15) is 16.8 Å². The van der Waals surface area contributed by atoms with Crippen molar-refractivity contribution >= 4 is 15.7 Å². The molecule has 1 unspecified atom stereocenters. The zero-order valence-electron chi connectivity index (χ0n) is 11.8. The number of sulfone groups is 1. The van der Waals surface area contributed by atoms with Crippen LogP contribution >= 0.6 is 0 Å². The van der Waals surface area contributed by atoms with Crippen LogP contribution in [0.4, 0.5) is 4.39 Å². The van der Waals surface area contributed by atoms with Gasteiger partial charge in [-0.25, -0.2) is 12.8 Å². The Hall–Kier alpha value is -1.47. The number of methoxy groups -OCH3 is 1. The van der Waals surface area contributed by atoms with Crippen LogP contribution in [-0.2, 0) is 14.6 Å². The molecule has 1 saturated heterocycles. The van der Waals surface area contributed by atoms with Crippen LogP contribution in [0.15, 0.2) is 24.3 Å². The molecule has 1 aliphatic rings. The molecule has 21 heavy (non-hydrogen) atoms. The molecule has 0 radical (unpaired) electrons. The third-order valence-corrected chi connectivity index (χ3v) is 5.29. The smallest absolute Gasteiger partial charge is 0.254 e. The van der Waals surface area contributed by atoms with Crippen molar-refractivity contribution in [2.45, 2.75) is 12.5 Å². The summed E-state index contributed by atoms with van der Waals surface area (Å²) in [6, 6.07) is 4.89. The van der Waals surface area contributed by atoms with Crippen LogP contribution in [0.5, 0.6) is 0 Å². The Balaban J connectivity index is 2.19. The van der Waals surface area contributed by atoms with Crippen LogP contribution in [0.25, 0.3) is 0 Å². The topological polar surface area (TPSA) is 63.7 Å². The number of hydrogen-bond acceptors (Lipinski definition) is 4. The maximum Gasteiger partial charge on any atom is 0.254 e. The average Bonchev–Trinajstić information content (AvgIpc) is 2.80. The number of carbonyl (C=O) groups is 1. The maximum absolute atomic E-state index is 12.9. The van der Waals surface area contributed by atoms with Gasteiger partial charge in [0.15, 0.2) is 9.84 Å². The minimum absolute atomic E-state index is 0.0242. The fourth-order valence-electron chi connectivity index (χ4n) is 2.42. The van der Waals surface area contributed by atoms with Crippen LogP contribution in [-0.4, -0.2) is 57.0 Å². The van der Waals surface area contributed by atoms with E-state index < -0.39 is 15.7 Å². The summed E-state index contributed by atoms with van der Waals surface area (Å²) in [5.41, 5.74) is 0.344. The van der Waals surface area contributed by atoms with Crippen molar-refractivity contribution in [3.63, 3.8) is 0 Å². The first-order valence-corrected chi connectivity index (χ1v) is 8.51. The molecule has 116 valence electrons. The van der Waals surface area contributed by atoms with Gasteiger partial charge in [0.1, 0.15) is 5.82 Å². The van der Waals surface area contributed by atoms with Gasteiger partial charge in [-0.05, 0) is 30.7 Å². The zero-order valence-corrected chi connectivity index (χ0v) is 12.6. The lowest BCUT2D eigenvalue weighted by Gasteiger charge is -2.28. The quantitative estimate of drug-likeness (QED) is 0.816. The average molecular weight is 315 g/mol. The predicted molar refractivity (Wildman–Crippen MR) is 76.4 cm³/mol. The second kappa shape index (κ2) is 6.53. The van der Waals surface area contributed by atoms with Gasteiger partial charge in [0.2, 0.25) is 0 Å². The number of amides is 1. The summed E-state index contributed by atoms with van der Waals surface area (Å²) < 4.78 is 41.1. The van der Waals surface area contributed by atoms with Gasteiger partial charge in [-0.1, -0.05) is 0 Å². The number of rotatable bonds is 5. The van der Waals surface area contributed by atoms with E-state index in [0.29, 0.717) is 25.1 Å². The number of hydrogen-bond donors (Lipinski definition) is 0. The molecule has 7 heteroatoms. The Bertz CT molecular complexity index is 600. The summed E-state index contributed by atoms with van der Waals surface area (Å²) in [5.74, 6) is -0.644. The summed E-state index contributed by atoms with van der Waals surface area (Å²) in [5, 5.41) is 0. The van der Waals surface area contributed by atoms with Crippen molar-refractivity contribution in [3.8, 4) is 0 Å². The molecule has 0 N–H and O–H groups in total. The lowest BCUT2D eigenvalue weighted by atomic mass is 10.1. The van der Waals surface area contributed by atoms with Gasteiger partial charge in [-0.15, -0.1) is 0 Å². The Morgan fingerprint density at radius 2 is 2.05 bits per heavy atom. The number of halogens is 1. The van der Waals surface area contributed by atoms with E-state index in [2.05, 4.69) is 0 Å². The molecule has 1 aliphatic heterocycles. The summed E-state index contributed by atoms with van der Waals surface area (Å²) in [7, 11) is -1.56. The molecular formula is C14H18FNO4S.